The molecular weight excluding hydrogens is 244 g/mol. The van der Waals surface area contributed by atoms with Gasteiger partial charge in [-0.2, -0.15) is 0 Å². The Morgan fingerprint density at radius 1 is 1.53 bits per heavy atom. The first-order valence-electron chi connectivity index (χ1n) is 5.08. The molecule has 1 aromatic heterocycles. The number of nitrogens with zero attached hydrogens (tertiary/aromatic N) is 1. The summed E-state index contributed by atoms with van der Waals surface area (Å²) in [6, 6.07) is -0.926. The third-order valence-corrected chi connectivity index (χ3v) is 3.65. The lowest BCUT2D eigenvalue weighted by atomic mass is 10.2. The number of aliphatic carboxylic acids is 1. The van der Waals surface area contributed by atoms with E-state index in [1.165, 1.54) is 4.57 Å². The number of carbonyl (C=O) groups is 2. The number of carbonyl (C=O) groups excluding carboxylic acids is 1. The van der Waals surface area contributed by atoms with Gasteiger partial charge in [0, 0.05) is 12.7 Å². The van der Waals surface area contributed by atoms with Gasteiger partial charge in [-0.3, -0.25) is 9.59 Å². The van der Waals surface area contributed by atoms with E-state index in [0.29, 0.717) is 12.1 Å². The van der Waals surface area contributed by atoms with Crippen LogP contribution >= 0.6 is 11.3 Å². The zero-order chi connectivity index (χ0) is 13.2. The average Bonchev–Trinajstić information content (AvgIpc) is 2.53. The lowest BCUT2D eigenvalue weighted by Crippen LogP contribution is -2.40. The highest BCUT2D eigenvalue weighted by Gasteiger charge is 2.22. The molecule has 6 nitrogen and oxygen atoms in total. The van der Waals surface area contributed by atoms with Crippen LogP contribution in [0.3, 0.4) is 0 Å². The second kappa shape index (κ2) is 5.13. The number of hydrogen-bond acceptors (Lipinski definition) is 4. The molecule has 7 heteroatoms. The summed E-state index contributed by atoms with van der Waals surface area (Å²) in [6.07, 6.45) is 0.294. The first kappa shape index (κ1) is 13.4. The van der Waals surface area contributed by atoms with Crippen LogP contribution in [0.5, 0.6) is 0 Å². The summed E-state index contributed by atoms with van der Waals surface area (Å²) in [5.74, 6) is -1.60. The predicted molar refractivity (Wildman–Crippen MR) is 63.5 cm³/mol. The van der Waals surface area contributed by atoms with Gasteiger partial charge in [0.1, 0.15) is 10.9 Å². The van der Waals surface area contributed by atoms with E-state index in [4.69, 9.17) is 5.11 Å². The van der Waals surface area contributed by atoms with Crippen molar-refractivity contribution in [1.82, 2.24) is 9.88 Å². The molecule has 0 saturated carbocycles. The van der Waals surface area contributed by atoms with Crippen LogP contribution in [0.25, 0.3) is 0 Å². The van der Waals surface area contributed by atoms with Gasteiger partial charge < -0.3 is 15.0 Å². The lowest BCUT2D eigenvalue weighted by Gasteiger charge is -2.11. The van der Waals surface area contributed by atoms with E-state index < -0.39 is 17.9 Å². The largest absolute Gasteiger partial charge is 0.480 e. The molecule has 0 spiro atoms. The van der Waals surface area contributed by atoms with E-state index in [1.807, 2.05) is 0 Å². The number of rotatable bonds is 4. The number of carboxylic acid groups (broad SMARTS) is 1. The van der Waals surface area contributed by atoms with Crippen molar-refractivity contribution in [3.8, 4) is 0 Å². The van der Waals surface area contributed by atoms with Crippen LogP contribution in [0.1, 0.15) is 28.7 Å². The maximum absolute atomic E-state index is 11.8. The summed E-state index contributed by atoms with van der Waals surface area (Å²) in [6.45, 7) is 3.31. The minimum atomic E-state index is -1.08. The molecule has 94 valence electrons. The smallest absolute Gasteiger partial charge is 0.326 e. The Bertz CT molecular complexity index is 503. The predicted octanol–water partition coefficient (Wildman–Crippen LogP) is 0.348. The Morgan fingerprint density at radius 3 is 2.47 bits per heavy atom. The minimum absolute atomic E-state index is 0.240. The van der Waals surface area contributed by atoms with Gasteiger partial charge in [-0.25, -0.2) is 4.79 Å². The molecule has 1 heterocycles. The number of hydrogen-bond donors (Lipinski definition) is 2. The zero-order valence-corrected chi connectivity index (χ0v) is 10.6. The fraction of sp³-hybridized carbons (Fsp3) is 0.500. The standard InChI is InChI=1S/C10H14N2O4S/c1-4-6(9(14)15)11-8(13)7-5(2)12(3)10(16)17-7/h6H,4H2,1-3H3,(H,11,13)(H,14,15). The number of aromatic nitrogens is 1. The number of amides is 1. The monoisotopic (exact) mass is 258 g/mol. The van der Waals surface area contributed by atoms with Crippen molar-refractivity contribution in [2.45, 2.75) is 26.3 Å². The summed E-state index contributed by atoms with van der Waals surface area (Å²) in [5.41, 5.74) is 0.540. The molecule has 1 unspecified atom stereocenters. The van der Waals surface area contributed by atoms with Gasteiger partial charge >= 0.3 is 10.8 Å². The molecule has 1 aromatic rings. The Hall–Kier alpha value is -1.63. The highest BCUT2D eigenvalue weighted by Crippen LogP contribution is 2.10. The van der Waals surface area contributed by atoms with E-state index in [-0.39, 0.29) is 9.75 Å². The molecule has 0 bridgehead atoms. The highest BCUT2D eigenvalue weighted by molar-refractivity contribution is 7.11. The van der Waals surface area contributed by atoms with E-state index >= 15 is 0 Å². The van der Waals surface area contributed by atoms with E-state index in [2.05, 4.69) is 5.32 Å². The number of thiazole rings is 1. The number of carboxylic acids is 1. The van der Waals surface area contributed by atoms with Gasteiger partial charge in [0.25, 0.3) is 5.91 Å². The minimum Gasteiger partial charge on any atom is -0.480 e. The van der Waals surface area contributed by atoms with Gasteiger partial charge in [-0.05, 0) is 13.3 Å². The maximum Gasteiger partial charge on any atom is 0.326 e. The first-order chi connectivity index (χ1) is 7.88. The molecule has 0 saturated heterocycles. The fourth-order valence-corrected chi connectivity index (χ4v) is 2.18. The summed E-state index contributed by atoms with van der Waals surface area (Å²) < 4.78 is 1.36. The summed E-state index contributed by atoms with van der Waals surface area (Å²) in [5, 5.41) is 11.2. The van der Waals surface area contributed by atoms with Crippen molar-refractivity contribution in [2.24, 2.45) is 7.05 Å². The van der Waals surface area contributed by atoms with E-state index in [9.17, 15) is 14.4 Å². The molecule has 1 atom stereocenters. The van der Waals surface area contributed by atoms with Gasteiger partial charge in [0.2, 0.25) is 0 Å². The normalized spacial score (nSPS) is 12.2. The zero-order valence-electron chi connectivity index (χ0n) is 9.81. The van der Waals surface area contributed by atoms with Crippen molar-refractivity contribution in [3.05, 3.63) is 20.2 Å². The Balaban J connectivity index is 2.94. The first-order valence-corrected chi connectivity index (χ1v) is 5.90. The maximum atomic E-state index is 11.8. The summed E-state index contributed by atoms with van der Waals surface area (Å²) >= 11 is 0.816. The average molecular weight is 258 g/mol. The molecule has 0 aliphatic rings. The van der Waals surface area contributed by atoms with Crippen molar-refractivity contribution in [3.63, 3.8) is 0 Å². The van der Waals surface area contributed by atoms with Crippen LogP contribution in [0.4, 0.5) is 0 Å². The molecule has 0 aliphatic carbocycles. The Morgan fingerprint density at radius 2 is 2.12 bits per heavy atom. The van der Waals surface area contributed by atoms with Crippen molar-refractivity contribution >= 4 is 23.2 Å². The topological polar surface area (TPSA) is 88.4 Å². The molecule has 17 heavy (non-hydrogen) atoms. The van der Waals surface area contributed by atoms with Gasteiger partial charge in [-0.1, -0.05) is 18.3 Å². The van der Waals surface area contributed by atoms with Crippen molar-refractivity contribution < 1.29 is 14.7 Å². The molecule has 0 aliphatic heterocycles. The Kier molecular flexibility index (Phi) is 4.06. The van der Waals surface area contributed by atoms with Crippen LogP contribution < -0.4 is 10.2 Å². The van der Waals surface area contributed by atoms with Crippen LogP contribution in [0, 0.1) is 6.92 Å². The van der Waals surface area contributed by atoms with Crippen molar-refractivity contribution in [2.75, 3.05) is 0 Å². The quantitative estimate of drug-likeness (QED) is 0.815. The van der Waals surface area contributed by atoms with Crippen molar-refractivity contribution in [1.29, 1.82) is 0 Å². The fourth-order valence-electron chi connectivity index (χ4n) is 1.29. The Labute approximate surface area is 102 Å². The second-order valence-corrected chi connectivity index (χ2v) is 4.58. The van der Waals surface area contributed by atoms with Crippen LogP contribution in [-0.4, -0.2) is 27.6 Å². The summed E-state index contributed by atoms with van der Waals surface area (Å²) in [7, 11) is 1.57. The van der Waals surface area contributed by atoms with E-state index in [0.717, 1.165) is 11.3 Å². The third kappa shape index (κ3) is 2.73. The highest BCUT2D eigenvalue weighted by atomic mass is 32.1. The third-order valence-electron chi connectivity index (χ3n) is 2.51. The van der Waals surface area contributed by atoms with Crippen LogP contribution in [0.2, 0.25) is 0 Å². The molecule has 1 amide bonds. The second-order valence-electron chi connectivity index (χ2n) is 3.61. The van der Waals surface area contributed by atoms with Crippen LogP contribution in [0.15, 0.2) is 4.79 Å². The number of nitrogens with one attached hydrogen (secondary N) is 1. The molecule has 2 N–H and O–H groups in total. The summed E-state index contributed by atoms with van der Waals surface area (Å²) in [4.78, 5) is 33.9. The molecular formula is C10H14N2O4S. The lowest BCUT2D eigenvalue weighted by molar-refractivity contribution is -0.139. The molecule has 1 rings (SSSR count). The van der Waals surface area contributed by atoms with E-state index in [1.54, 1.807) is 20.9 Å². The SMILES string of the molecule is CCC(NC(=O)c1sc(=O)n(C)c1C)C(=O)O. The molecule has 0 fully saturated rings. The van der Waals surface area contributed by atoms with Crippen LogP contribution in [-0.2, 0) is 11.8 Å². The van der Waals surface area contributed by atoms with Gasteiger partial charge in [-0.15, -0.1) is 0 Å². The molecule has 0 aromatic carbocycles. The molecule has 0 radical (unpaired) electrons. The van der Waals surface area contributed by atoms with Gasteiger partial charge in [0.15, 0.2) is 0 Å². The van der Waals surface area contributed by atoms with Gasteiger partial charge in [0.05, 0.1) is 0 Å².